The Labute approximate surface area is 129 Å². The molecule has 0 atom stereocenters. The predicted octanol–water partition coefficient (Wildman–Crippen LogP) is 1.15. The number of methoxy groups -OCH3 is 1. The van der Waals surface area contributed by atoms with Crippen molar-refractivity contribution in [3.63, 3.8) is 0 Å². The Morgan fingerprint density at radius 2 is 1.89 bits per heavy atom. The minimum atomic E-state index is 0. The number of hydrogen-bond acceptors (Lipinski definition) is 3. The number of hydrogen-bond donors (Lipinski definition) is 2. The minimum Gasteiger partial charge on any atom is -0.383 e. The Hall–Kier alpha value is -0.0800. The van der Waals surface area contributed by atoms with Crippen LogP contribution in [0.5, 0.6) is 0 Å². The fourth-order valence-electron chi connectivity index (χ4n) is 1.03. The molecule has 0 aliphatic heterocycles. The van der Waals surface area contributed by atoms with Crippen LogP contribution in [0, 0.1) is 0 Å². The van der Waals surface area contributed by atoms with Gasteiger partial charge in [0.25, 0.3) is 0 Å². The second-order valence-corrected chi connectivity index (χ2v) is 4.82. The smallest absolute Gasteiger partial charge is 0.191 e. The van der Waals surface area contributed by atoms with Crippen LogP contribution in [-0.2, 0) is 4.74 Å². The molecule has 0 unspecified atom stereocenters. The summed E-state index contributed by atoms with van der Waals surface area (Å²) in [6.45, 7) is 9.48. The maximum Gasteiger partial charge on any atom is 0.191 e. The number of ether oxygens (including phenoxy) is 1. The molecule has 5 nitrogen and oxygen atoms in total. The van der Waals surface area contributed by atoms with E-state index in [1.54, 1.807) is 7.11 Å². The number of halogens is 1. The largest absolute Gasteiger partial charge is 0.383 e. The lowest BCUT2D eigenvalue weighted by molar-refractivity contribution is 0.201. The monoisotopic (exact) mass is 372 g/mol. The molecule has 0 amide bonds. The standard InChI is InChI=1S/C12H28N4O.HI/c1-7-13-11(14-8-9-17-6)15-10-12(2,3)16(4)5;/h7-10H2,1-6H3,(H2,13,14,15);1H. The van der Waals surface area contributed by atoms with Crippen molar-refractivity contribution >= 4 is 29.9 Å². The summed E-state index contributed by atoms with van der Waals surface area (Å²) in [4.78, 5) is 6.75. The lowest BCUT2D eigenvalue weighted by atomic mass is 10.1. The van der Waals surface area contributed by atoms with Gasteiger partial charge in [0.15, 0.2) is 5.96 Å². The van der Waals surface area contributed by atoms with E-state index in [1.807, 2.05) is 0 Å². The first kappa shape index (κ1) is 20.2. The van der Waals surface area contributed by atoms with E-state index in [4.69, 9.17) is 4.74 Å². The molecule has 6 heteroatoms. The van der Waals surface area contributed by atoms with E-state index >= 15 is 0 Å². The van der Waals surface area contributed by atoms with Crippen LogP contribution in [-0.4, -0.2) is 63.8 Å². The molecule has 0 radical (unpaired) electrons. The molecule has 0 bridgehead atoms. The van der Waals surface area contributed by atoms with Crippen molar-refractivity contribution in [1.82, 2.24) is 15.5 Å². The first-order valence-corrected chi connectivity index (χ1v) is 6.12. The van der Waals surface area contributed by atoms with Crippen molar-refractivity contribution in [2.45, 2.75) is 26.3 Å². The molecule has 0 saturated heterocycles. The highest BCUT2D eigenvalue weighted by Gasteiger charge is 2.19. The van der Waals surface area contributed by atoms with Gasteiger partial charge in [0, 0.05) is 25.7 Å². The van der Waals surface area contributed by atoms with E-state index in [9.17, 15) is 0 Å². The molecule has 18 heavy (non-hydrogen) atoms. The average Bonchev–Trinajstić information content (AvgIpc) is 2.26. The van der Waals surface area contributed by atoms with Crippen LogP contribution in [0.4, 0.5) is 0 Å². The Morgan fingerprint density at radius 3 is 2.33 bits per heavy atom. The third kappa shape index (κ3) is 8.93. The number of rotatable bonds is 7. The summed E-state index contributed by atoms with van der Waals surface area (Å²) in [5.41, 5.74) is 0.0591. The summed E-state index contributed by atoms with van der Waals surface area (Å²) in [6, 6.07) is 0. The van der Waals surface area contributed by atoms with E-state index in [1.165, 1.54) is 0 Å². The van der Waals surface area contributed by atoms with Gasteiger partial charge in [-0.2, -0.15) is 0 Å². The molecule has 0 spiro atoms. The van der Waals surface area contributed by atoms with E-state index in [0.29, 0.717) is 6.61 Å². The summed E-state index contributed by atoms with van der Waals surface area (Å²) < 4.78 is 5.00. The molecule has 0 aromatic rings. The van der Waals surface area contributed by atoms with E-state index in [0.717, 1.165) is 25.6 Å². The predicted molar refractivity (Wildman–Crippen MR) is 89.0 cm³/mol. The van der Waals surface area contributed by atoms with Gasteiger partial charge < -0.3 is 20.3 Å². The Balaban J connectivity index is 0. The molecule has 0 aliphatic carbocycles. The Kier molecular flexibility index (Phi) is 12.2. The highest BCUT2D eigenvalue weighted by Crippen LogP contribution is 2.09. The summed E-state index contributed by atoms with van der Waals surface area (Å²) in [6.07, 6.45) is 0. The molecule has 0 aliphatic rings. The Morgan fingerprint density at radius 1 is 1.28 bits per heavy atom. The molecule has 0 heterocycles. The first-order chi connectivity index (χ1) is 7.94. The van der Waals surface area contributed by atoms with Gasteiger partial charge in [-0.3, -0.25) is 4.99 Å². The molecule has 0 aromatic carbocycles. The van der Waals surface area contributed by atoms with Gasteiger partial charge in [0.05, 0.1) is 13.2 Å². The van der Waals surface area contributed by atoms with Crippen LogP contribution >= 0.6 is 24.0 Å². The molecular formula is C12H29IN4O. The molecule has 0 aromatic heterocycles. The van der Waals surface area contributed by atoms with Crippen LogP contribution < -0.4 is 10.6 Å². The van der Waals surface area contributed by atoms with Crippen LogP contribution in [0.1, 0.15) is 20.8 Å². The summed E-state index contributed by atoms with van der Waals surface area (Å²) in [7, 11) is 5.84. The van der Waals surface area contributed by atoms with Crippen molar-refractivity contribution in [3.8, 4) is 0 Å². The third-order valence-corrected chi connectivity index (χ3v) is 2.78. The van der Waals surface area contributed by atoms with Gasteiger partial charge in [-0.15, -0.1) is 24.0 Å². The molecule has 0 rings (SSSR count). The molecule has 0 fully saturated rings. The topological polar surface area (TPSA) is 48.9 Å². The SMILES string of the molecule is CCNC(=NCC(C)(C)N(C)C)NCCOC.I. The van der Waals surface area contributed by atoms with E-state index in [-0.39, 0.29) is 29.5 Å². The average molecular weight is 372 g/mol. The van der Waals surface area contributed by atoms with Crippen LogP contribution in [0.25, 0.3) is 0 Å². The highest BCUT2D eigenvalue weighted by atomic mass is 127. The van der Waals surface area contributed by atoms with Gasteiger partial charge in [0.1, 0.15) is 0 Å². The molecule has 110 valence electrons. The summed E-state index contributed by atoms with van der Waals surface area (Å²) >= 11 is 0. The van der Waals surface area contributed by atoms with E-state index in [2.05, 4.69) is 55.4 Å². The fourth-order valence-corrected chi connectivity index (χ4v) is 1.03. The lowest BCUT2D eigenvalue weighted by Gasteiger charge is -2.31. The number of likely N-dealkylation sites (N-methyl/N-ethyl adjacent to an activating group) is 1. The number of guanidine groups is 1. The molecule has 2 N–H and O–H groups in total. The van der Waals surface area contributed by atoms with Gasteiger partial charge in [0.2, 0.25) is 0 Å². The zero-order valence-electron chi connectivity index (χ0n) is 12.5. The summed E-state index contributed by atoms with van der Waals surface area (Å²) in [5.74, 6) is 0.847. The van der Waals surface area contributed by atoms with E-state index < -0.39 is 0 Å². The quantitative estimate of drug-likeness (QED) is 0.305. The molecule has 0 saturated carbocycles. The van der Waals surface area contributed by atoms with Crippen molar-refractivity contribution in [1.29, 1.82) is 0 Å². The van der Waals surface area contributed by atoms with Crippen molar-refractivity contribution in [3.05, 3.63) is 0 Å². The van der Waals surface area contributed by atoms with Crippen LogP contribution in [0.3, 0.4) is 0 Å². The number of aliphatic imine (C=N–C) groups is 1. The zero-order chi connectivity index (χ0) is 13.3. The number of nitrogens with zero attached hydrogens (tertiary/aromatic N) is 2. The minimum absolute atomic E-state index is 0. The lowest BCUT2D eigenvalue weighted by Crippen LogP contribution is -2.44. The fraction of sp³-hybridized carbons (Fsp3) is 0.917. The Bertz CT molecular complexity index is 232. The van der Waals surface area contributed by atoms with Gasteiger partial charge >= 0.3 is 0 Å². The van der Waals surface area contributed by atoms with Crippen LogP contribution in [0.2, 0.25) is 0 Å². The van der Waals surface area contributed by atoms with Crippen molar-refractivity contribution in [2.75, 3.05) is 47.4 Å². The normalized spacial score (nSPS) is 12.3. The highest BCUT2D eigenvalue weighted by molar-refractivity contribution is 14.0. The van der Waals surface area contributed by atoms with Gasteiger partial charge in [-0.1, -0.05) is 0 Å². The van der Waals surface area contributed by atoms with Crippen LogP contribution in [0.15, 0.2) is 4.99 Å². The zero-order valence-corrected chi connectivity index (χ0v) is 14.9. The third-order valence-electron chi connectivity index (χ3n) is 2.78. The van der Waals surface area contributed by atoms with Gasteiger partial charge in [-0.05, 0) is 34.9 Å². The first-order valence-electron chi connectivity index (χ1n) is 6.12. The second-order valence-electron chi connectivity index (χ2n) is 4.82. The maximum absolute atomic E-state index is 5.00. The van der Waals surface area contributed by atoms with Crippen molar-refractivity contribution < 1.29 is 4.74 Å². The number of nitrogens with one attached hydrogen (secondary N) is 2. The second kappa shape index (κ2) is 10.8. The molecular weight excluding hydrogens is 343 g/mol. The van der Waals surface area contributed by atoms with Gasteiger partial charge in [-0.25, -0.2) is 0 Å². The van der Waals surface area contributed by atoms with Crippen molar-refractivity contribution in [2.24, 2.45) is 4.99 Å². The maximum atomic E-state index is 5.00. The summed E-state index contributed by atoms with van der Waals surface area (Å²) in [5, 5.41) is 6.45.